The van der Waals surface area contributed by atoms with Crippen molar-refractivity contribution in [2.75, 3.05) is 24.7 Å². The number of anilines is 1. The quantitative estimate of drug-likeness (QED) is 0.290. The molecule has 0 spiro atoms. The van der Waals surface area contributed by atoms with Gasteiger partial charge in [-0.3, -0.25) is 14.4 Å². The van der Waals surface area contributed by atoms with Crippen LogP contribution in [-0.4, -0.2) is 65.9 Å². The summed E-state index contributed by atoms with van der Waals surface area (Å²) in [5, 5.41) is 26.9. The lowest BCUT2D eigenvalue weighted by atomic mass is 9.91. The zero-order valence-corrected chi connectivity index (χ0v) is 24.3. The zero-order chi connectivity index (χ0) is 29.6. The summed E-state index contributed by atoms with van der Waals surface area (Å²) in [5.41, 5.74) is 1.79. The lowest BCUT2D eigenvalue weighted by Gasteiger charge is -2.28. The van der Waals surface area contributed by atoms with Gasteiger partial charge in [0, 0.05) is 42.2 Å². The topological polar surface area (TPSA) is 128 Å². The minimum Gasteiger partial charge on any atom is -0.491 e. The van der Waals surface area contributed by atoms with E-state index >= 15 is 0 Å². The maximum Gasteiger partial charge on any atom is 0.251 e. The number of amides is 3. The van der Waals surface area contributed by atoms with E-state index in [1.165, 1.54) is 19.3 Å². The van der Waals surface area contributed by atoms with Crippen molar-refractivity contribution in [2.45, 2.75) is 76.5 Å². The molecule has 226 valence electrons. The van der Waals surface area contributed by atoms with Crippen LogP contribution in [0.1, 0.15) is 67.8 Å². The Labute approximate surface area is 247 Å². The number of carbonyl (C=O) groups excluding carboxylic acids is 3. The number of aliphatic hydroxyl groups excluding tert-OH is 2. The number of hydrogen-bond acceptors (Lipinski definition) is 6. The number of fused-ring (bicyclic) bond motifs is 2. The van der Waals surface area contributed by atoms with E-state index in [4.69, 9.17) is 4.74 Å². The third kappa shape index (κ3) is 7.31. The van der Waals surface area contributed by atoms with Gasteiger partial charge in [0.15, 0.2) is 0 Å². The minimum atomic E-state index is -0.969. The maximum absolute atomic E-state index is 13.6. The van der Waals surface area contributed by atoms with E-state index in [1.807, 2.05) is 37.3 Å². The highest BCUT2D eigenvalue weighted by Crippen LogP contribution is 2.44. The van der Waals surface area contributed by atoms with Crippen molar-refractivity contribution >= 4 is 23.4 Å². The number of nitrogens with zero attached hydrogens (tertiary/aromatic N) is 1. The first-order chi connectivity index (χ1) is 20.3. The Morgan fingerprint density at radius 2 is 1.93 bits per heavy atom. The number of aliphatic hydroxyl groups is 2. The second-order valence-corrected chi connectivity index (χ2v) is 12.2. The summed E-state index contributed by atoms with van der Waals surface area (Å²) in [5.74, 6) is 0.759. The molecule has 2 saturated carbocycles. The molecule has 6 atom stereocenters. The van der Waals surface area contributed by atoms with Gasteiger partial charge in [-0.2, -0.15) is 0 Å². The Morgan fingerprint density at radius 3 is 2.60 bits per heavy atom. The third-order valence-corrected chi connectivity index (χ3v) is 9.09. The van der Waals surface area contributed by atoms with E-state index < -0.39 is 24.0 Å². The first-order valence-electron chi connectivity index (χ1n) is 15.3. The lowest BCUT2D eigenvalue weighted by Crippen LogP contribution is -2.47. The molecule has 42 heavy (non-hydrogen) atoms. The van der Waals surface area contributed by atoms with E-state index in [2.05, 4.69) is 10.6 Å². The van der Waals surface area contributed by atoms with Crippen molar-refractivity contribution in [1.29, 1.82) is 0 Å². The van der Waals surface area contributed by atoms with Crippen molar-refractivity contribution in [2.24, 2.45) is 17.8 Å². The molecule has 4 N–H and O–H groups in total. The standard InChI is InChI=1S/C33H43N3O6/c1-21(32(40)34-28-17-23-9-10-24(28)15-23)14-30(38)29(16-22-6-3-2-4-7-22)35-33(41)25-18-26(36-11-5-8-31(36)39)20-27(19-25)42-13-12-37/h2-4,6-7,18-21,23-24,28-30,37-38H,5,8-17H2,1H3,(H,34,40)(H,35,41)/t21-,23?,24?,28?,29?,30+/m1/s1. The van der Waals surface area contributed by atoms with Crippen LogP contribution in [0.4, 0.5) is 5.69 Å². The largest absolute Gasteiger partial charge is 0.491 e. The monoisotopic (exact) mass is 577 g/mol. The van der Waals surface area contributed by atoms with Crippen molar-refractivity contribution in [3.8, 4) is 5.75 Å². The van der Waals surface area contributed by atoms with Gasteiger partial charge in [-0.1, -0.05) is 43.7 Å². The summed E-state index contributed by atoms with van der Waals surface area (Å²) in [6, 6.07) is 14.1. The third-order valence-electron chi connectivity index (χ3n) is 9.09. The van der Waals surface area contributed by atoms with E-state index in [1.54, 1.807) is 23.1 Å². The summed E-state index contributed by atoms with van der Waals surface area (Å²) in [7, 11) is 0. The van der Waals surface area contributed by atoms with E-state index in [-0.39, 0.29) is 43.1 Å². The molecule has 3 aliphatic rings. The number of nitrogens with one attached hydrogen (secondary N) is 2. The molecular weight excluding hydrogens is 534 g/mol. The molecule has 2 aromatic carbocycles. The molecule has 9 nitrogen and oxygen atoms in total. The highest BCUT2D eigenvalue weighted by molar-refractivity contribution is 5.99. The van der Waals surface area contributed by atoms with Crippen LogP contribution in [0, 0.1) is 17.8 Å². The molecule has 4 unspecified atom stereocenters. The fourth-order valence-electron chi connectivity index (χ4n) is 6.82. The van der Waals surface area contributed by atoms with Gasteiger partial charge in [0.1, 0.15) is 12.4 Å². The average molecular weight is 578 g/mol. The van der Waals surface area contributed by atoms with Gasteiger partial charge in [-0.15, -0.1) is 0 Å². The van der Waals surface area contributed by atoms with Gasteiger partial charge < -0.3 is 30.5 Å². The predicted molar refractivity (Wildman–Crippen MR) is 159 cm³/mol. The number of rotatable bonds is 13. The van der Waals surface area contributed by atoms with Crippen LogP contribution in [0.5, 0.6) is 5.75 Å². The van der Waals surface area contributed by atoms with Crippen molar-refractivity contribution < 1.29 is 29.3 Å². The van der Waals surface area contributed by atoms with Crippen LogP contribution in [0.2, 0.25) is 0 Å². The fraction of sp³-hybridized carbons (Fsp3) is 0.545. The fourth-order valence-corrected chi connectivity index (χ4v) is 6.82. The van der Waals surface area contributed by atoms with Gasteiger partial charge in [-0.25, -0.2) is 0 Å². The Morgan fingerprint density at radius 1 is 1.12 bits per heavy atom. The van der Waals surface area contributed by atoms with Gasteiger partial charge in [0.05, 0.1) is 18.8 Å². The second kappa shape index (κ2) is 13.7. The number of carbonyl (C=O) groups is 3. The summed E-state index contributed by atoms with van der Waals surface area (Å²) < 4.78 is 5.62. The molecule has 1 heterocycles. The molecule has 1 saturated heterocycles. The van der Waals surface area contributed by atoms with Gasteiger partial charge in [0.25, 0.3) is 5.91 Å². The Bertz CT molecular complexity index is 1250. The number of benzene rings is 2. The Balaban J connectivity index is 1.30. The van der Waals surface area contributed by atoms with E-state index in [0.717, 1.165) is 24.3 Å². The van der Waals surface area contributed by atoms with Crippen LogP contribution >= 0.6 is 0 Å². The number of ether oxygens (including phenoxy) is 1. The van der Waals surface area contributed by atoms with Crippen LogP contribution in [0.3, 0.4) is 0 Å². The SMILES string of the molecule is C[C@H](C[C@H](O)C(Cc1ccccc1)NC(=O)c1cc(OCCO)cc(N2CCCC2=O)c1)C(=O)NC1CC2CCC1C2. The van der Waals surface area contributed by atoms with Gasteiger partial charge in [-0.05, 0) is 68.1 Å². The molecule has 0 aromatic heterocycles. The van der Waals surface area contributed by atoms with Crippen LogP contribution in [0.15, 0.2) is 48.5 Å². The van der Waals surface area contributed by atoms with Gasteiger partial charge >= 0.3 is 0 Å². The molecule has 2 aromatic rings. The first kappa shape index (κ1) is 30.0. The predicted octanol–water partition coefficient (Wildman–Crippen LogP) is 3.22. The zero-order valence-electron chi connectivity index (χ0n) is 24.3. The molecule has 5 rings (SSSR count). The van der Waals surface area contributed by atoms with Gasteiger partial charge in [0.2, 0.25) is 11.8 Å². The van der Waals surface area contributed by atoms with E-state index in [9.17, 15) is 24.6 Å². The Kier molecular flexibility index (Phi) is 9.80. The molecule has 2 aliphatic carbocycles. The first-order valence-corrected chi connectivity index (χ1v) is 15.3. The maximum atomic E-state index is 13.6. The molecule has 9 heteroatoms. The summed E-state index contributed by atoms with van der Waals surface area (Å²) in [6.45, 7) is 2.25. The highest BCUT2D eigenvalue weighted by atomic mass is 16.5. The summed E-state index contributed by atoms with van der Waals surface area (Å²) in [4.78, 5) is 40.8. The summed E-state index contributed by atoms with van der Waals surface area (Å²) in [6.07, 6.45) is 5.49. The second-order valence-electron chi connectivity index (χ2n) is 12.2. The number of hydrogen-bond donors (Lipinski definition) is 4. The lowest BCUT2D eigenvalue weighted by molar-refractivity contribution is -0.126. The van der Waals surface area contributed by atoms with Crippen molar-refractivity contribution in [3.63, 3.8) is 0 Å². The molecule has 0 radical (unpaired) electrons. The van der Waals surface area contributed by atoms with Crippen molar-refractivity contribution in [1.82, 2.24) is 10.6 Å². The smallest absolute Gasteiger partial charge is 0.251 e. The van der Waals surface area contributed by atoms with Crippen LogP contribution in [-0.2, 0) is 16.0 Å². The Hall–Kier alpha value is -3.43. The molecule has 3 fully saturated rings. The molecule has 3 amide bonds. The molecule has 1 aliphatic heterocycles. The van der Waals surface area contributed by atoms with Crippen molar-refractivity contribution in [3.05, 3.63) is 59.7 Å². The highest BCUT2D eigenvalue weighted by Gasteiger charge is 2.40. The molecule has 2 bridgehead atoms. The summed E-state index contributed by atoms with van der Waals surface area (Å²) >= 11 is 0. The normalized spacial score (nSPS) is 23.5. The van der Waals surface area contributed by atoms with Crippen LogP contribution in [0.25, 0.3) is 0 Å². The minimum absolute atomic E-state index is 0.0178. The van der Waals surface area contributed by atoms with E-state index in [0.29, 0.717) is 36.7 Å². The van der Waals surface area contributed by atoms with Crippen LogP contribution < -0.4 is 20.3 Å². The molecular formula is C33H43N3O6. The average Bonchev–Trinajstić information content (AvgIpc) is 3.73.